The number of ether oxygens (including phenoxy) is 1. The number of halogens is 3. The van der Waals surface area contributed by atoms with Crippen molar-refractivity contribution in [2.24, 2.45) is 5.92 Å². The SMILES string of the molecule is CCCCCCCCCC1CCC(c2ccc(OCCC[Si](Br)(Br)Br)cc2)CC1. The zero-order chi connectivity index (χ0) is 21.0. The largest absolute Gasteiger partial charge is 0.494 e. The summed E-state index contributed by atoms with van der Waals surface area (Å²) in [7, 11) is 0. The summed E-state index contributed by atoms with van der Waals surface area (Å²) in [4.78, 5) is 0. The molecule has 0 atom stereocenters. The van der Waals surface area contributed by atoms with E-state index in [1.165, 1.54) is 82.6 Å². The highest BCUT2D eigenvalue weighted by molar-refractivity contribution is 9.72. The quantitative estimate of drug-likeness (QED) is 0.116. The summed E-state index contributed by atoms with van der Waals surface area (Å²) >= 11 is 11.0. The summed E-state index contributed by atoms with van der Waals surface area (Å²) in [6, 6.07) is 10.0. The minimum Gasteiger partial charge on any atom is -0.494 e. The van der Waals surface area contributed by atoms with E-state index in [1.807, 2.05) is 0 Å². The van der Waals surface area contributed by atoms with E-state index in [2.05, 4.69) is 77.1 Å². The number of rotatable bonds is 14. The molecule has 1 aromatic rings. The van der Waals surface area contributed by atoms with Crippen LogP contribution in [0.1, 0.15) is 102 Å². The van der Waals surface area contributed by atoms with E-state index in [1.54, 1.807) is 0 Å². The average Bonchev–Trinajstić information content (AvgIpc) is 2.71. The van der Waals surface area contributed by atoms with Crippen molar-refractivity contribution in [1.82, 2.24) is 0 Å². The zero-order valence-electron chi connectivity index (χ0n) is 18.1. The van der Waals surface area contributed by atoms with E-state index in [-0.39, 0.29) is 0 Å². The minimum atomic E-state index is -1.49. The Bertz CT molecular complexity index is 536. The molecule has 0 N–H and O–H groups in total. The van der Waals surface area contributed by atoms with E-state index >= 15 is 0 Å². The average molecular weight is 611 g/mol. The van der Waals surface area contributed by atoms with Crippen LogP contribution < -0.4 is 4.74 Å². The van der Waals surface area contributed by atoms with Crippen molar-refractivity contribution in [3.63, 3.8) is 0 Å². The molecule has 1 aliphatic rings. The maximum absolute atomic E-state index is 5.91. The minimum absolute atomic E-state index is 0.760. The van der Waals surface area contributed by atoms with Gasteiger partial charge in [-0.05, 0) is 67.7 Å². The summed E-state index contributed by atoms with van der Waals surface area (Å²) in [6.07, 6.45) is 18.1. The lowest BCUT2D eigenvalue weighted by Crippen LogP contribution is -2.13. The second-order valence-corrected chi connectivity index (χ2v) is 32.3. The van der Waals surface area contributed by atoms with Gasteiger partial charge in [0.15, 0.2) is 0 Å². The Kier molecular flexibility index (Phi) is 13.1. The summed E-state index contributed by atoms with van der Waals surface area (Å²) < 4.78 is 4.41. The Morgan fingerprint density at radius 3 is 2.07 bits per heavy atom. The van der Waals surface area contributed by atoms with E-state index < -0.39 is 3.93 Å². The summed E-state index contributed by atoms with van der Waals surface area (Å²) in [5, 5.41) is 0. The number of benzene rings is 1. The van der Waals surface area contributed by atoms with Crippen LogP contribution in [0.25, 0.3) is 0 Å². The molecule has 0 spiro atoms. The molecule has 0 radical (unpaired) electrons. The van der Waals surface area contributed by atoms with Gasteiger partial charge in [-0.1, -0.05) is 116 Å². The maximum atomic E-state index is 5.91. The first kappa shape index (κ1) is 25.9. The fourth-order valence-corrected chi connectivity index (χ4v) is 7.54. The molecule has 0 aliphatic heterocycles. The van der Waals surface area contributed by atoms with Crippen molar-refractivity contribution in [3.8, 4) is 5.75 Å². The molecule has 166 valence electrons. The Labute approximate surface area is 203 Å². The molecule has 0 amide bonds. The van der Waals surface area contributed by atoms with Crippen LogP contribution in [-0.4, -0.2) is 10.5 Å². The summed E-state index contributed by atoms with van der Waals surface area (Å²) in [6.45, 7) is 3.07. The molecule has 1 aliphatic carbocycles. The van der Waals surface area contributed by atoms with Crippen molar-refractivity contribution in [2.45, 2.75) is 102 Å². The molecule has 1 aromatic carbocycles. The van der Waals surface area contributed by atoms with Gasteiger partial charge in [-0.25, -0.2) is 0 Å². The number of hydrogen-bond donors (Lipinski definition) is 0. The van der Waals surface area contributed by atoms with Crippen molar-refractivity contribution >= 4 is 49.8 Å². The van der Waals surface area contributed by atoms with Crippen molar-refractivity contribution < 1.29 is 4.74 Å². The van der Waals surface area contributed by atoms with E-state index in [0.29, 0.717) is 0 Å². The molecular weight excluding hydrogens is 572 g/mol. The molecule has 1 saturated carbocycles. The van der Waals surface area contributed by atoms with Gasteiger partial charge in [0.1, 0.15) is 5.75 Å². The van der Waals surface area contributed by atoms with E-state index in [0.717, 1.165) is 36.7 Å². The lowest BCUT2D eigenvalue weighted by Gasteiger charge is -2.29. The monoisotopic (exact) mass is 608 g/mol. The molecule has 0 aromatic heterocycles. The van der Waals surface area contributed by atoms with Gasteiger partial charge in [0.2, 0.25) is 0 Å². The lowest BCUT2D eigenvalue weighted by atomic mass is 9.77. The van der Waals surface area contributed by atoms with Crippen LogP contribution in [0.15, 0.2) is 24.3 Å². The van der Waals surface area contributed by atoms with Gasteiger partial charge in [-0.15, -0.1) is 0 Å². The first-order valence-corrected chi connectivity index (χ1v) is 20.7. The number of hydrogen-bond acceptors (Lipinski definition) is 1. The van der Waals surface area contributed by atoms with Gasteiger partial charge in [0.05, 0.1) is 6.61 Å². The predicted octanol–water partition coefficient (Wildman–Crippen LogP) is 9.99. The lowest BCUT2D eigenvalue weighted by molar-refractivity contribution is 0.301. The molecular formula is C24H39Br3OSi. The van der Waals surface area contributed by atoms with Crippen LogP contribution in [0.3, 0.4) is 0 Å². The first-order valence-electron chi connectivity index (χ1n) is 11.8. The molecule has 0 bridgehead atoms. The Morgan fingerprint density at radius 2 is 1.45 bits per heavy atom. The molecule has 0 saturated heterocycles. The summed E-state index contributed by atoms with van der Waals surface area (Å²) in [5.74, 6) is 2.75. The smallest absolute Gasteiger partial charge is 0.267 e. The molecule has 0 unspecified atom stereocenters. The van der Waals surface area contributed by atoms with Crippen LogP contribution in [-0.2, 0) is 0 Å². The maximum Gasteiger partial charge on any atom is 0.267 e. The molecule has 2 rings (SSSR count). The highest BCUT2D eigenvalue weighted by Gasteiger charge is 2.22. The van der Waals surface area contributed by atoms with E-state index in [4.69, 9.17) is 4.74 Å². The van der Waals surface area contributed by atoms with Crippen LogP contribution in [0, 0.1) is 5.92 Å². The van der Waals surface area contributed by atoms with Gasteiger partial charge >= 0.3 is 0 Å². The van der Waals surface area contributed by atoms with Gasteiger partial charge in [-0.3, -0.25) is 0 Å². The molecule has 1 fully saturated rings. The summed E-state index contributed by atoms with van der Waals surface area (Å²) in [5.41, 5.74) is 1.51. The van der Waals surface area contributed by atoms with Crippen molar-refractivity contribution in [2.75, 3.05) is 6.61 Å². The number of unbranched alkanes of at least 4 members (excludes halogenated alkanes) is 6. The van der Waals surface area contributed by atoms with Crippen LogP contribution in [0.2, 0.25) is 6.04 Å². The fraction of sp³-hybridized carbons (Fsp3) is 0.750. The predicted molar refractivity (Wildman–Crippen MR) is 141 cm³/mol. The zero-order valence-corrected chi connectivity index (χ0v) is 23.9. The topological polar surface area (TPSA) is 9.23 Å². The Balaban J connectivity index is 1.59. The van der Waals surface area contributed by atoms with Gasteiger partial charge in [0, 0.05) is 0 Å². The second kappa shape index (κ2) is 14.7. The third-order valence-electron chi connectivity index (χ3n) is 6.29. The fourth-order valence-electron chi connectivity index (χ4n) is 4.47. The molecule has 0 heterocycles. The molecule has 29 heavy (non-hydrogen) atoms. The Morgan fingerprint density at radius 1 is 0.828 bits per heavy atom. The highest BCUT2D eigenvalue weighted by Crippen LogP contribution is 2.38. The second-order valence-electron chi connectivity index (χ2n) is 8.76. The first-order chi connectivity index (χ1) is 14.0. The molecule has 5 heteroatoms. The normalized spacial score (nSPS) is 20.0. The van der Waals surface area contributed by atoms with Crippen LogP contribution in [0.4, 0.5) is 0 Å². The highest BCUT2D eigenvalue weighted by atomic mass is 80.0. The van der Waals surface area contributed by atoms with Crippen molar-refractivity contribution in [3.05, 3.63) is 29.8 Å². The Hall–Kier alpha value is 0.677. The van der Waals surface area contributed by atoms with Crippen molar-refractivity contribution in [1.29, 1.82) is 0 Å². The third-order valence-corrected chi connectivity index (χ3v) is 10.8. The van der Waals surface area contributed by atoms with Crippen LogP contribution >= 0.6 is 45.9 Å². The van der Waals surface area contributed by atoms with Gasteiger partial charge in [0.25, 0.3) is 3.93 Å². The van der Waals surface area contributed by atoms with E-state index in [9.17, 15) is 0 Å². The van der Waals surface area contributed by atoms with Gasteiger partial charge < -0.3 is 4.74 Å². The van der Waals surface area contributed by atoms with Crippen LogP contribution in [0.5, 0.6) is 5.75 Å². The standard InChI is InChI=1S/C24H39Br3OSi/c1-2-3-4-5-6-7-8-10-21-11-13-22(14-12-21)23-15-17-24(18-16-23)28-19-9-20-29(25,26)27/h15-18,21-22H,2-14,19-20H2,1H3. The third kappa shape index (κ3) is 11.7. The van der Waals surface area contributed by atoms with Gasteiger partial charge in [-0.2, -0.15) is 0 Å². The molecule has 1 nitrogen and oxygen atoms in total.